The minimum absolute atomic E-state index is 0.155. The van der Waals surface area contributed by atoms with Gasteiger partial charge in [-0.1, -0.05) is 72.8 Å². The molecule has 0 aromatic heterocycles. The monoisotopic (exact) mass is 371 g/mol. The fourth-order valence-electron chi connectivity index (χ4n) is 3.70. The molecule has 0 fully saturated rings. The van der Waals surface area contributed by atoms with E-state index < -0.39 is 5.54 Å². The number of nitrogens with two attached hydrogens (primary N) is 1. The van der Waals surface area contributed by atoms with Gasteiger partial charge < -0.3 is 10.8 Å². The summed E-state index contributed by atoms with van der Waals surface area (Å²) in [5.74, 6) is -0.0843. The van der Waals surface area contributed by atoms with Crippen LogP contribution in [0.2, 0.25) is 0 Å². The lowest BCUT2D eigenvalue weighted by Crippen LogP contribution is -2.41. The normalized spacial score (nSPS) is 19.0. The van der Waals surface area contributed by atoms with Crippen molar-refractivity contribution in [3.63, 3.8) is 0 Å². The third-order valence-corrected chi connectivity index (χ3v) is 5.21. The number of guanidine groups is 1. The number of nitrogens with zero attached hydrogens (tertiary/aromatic N) is 2. The number of carbonyl (C=O) groups excluding carboxylic acids is 1. The van der Waals surface area contributed by atoms with Gasteiger partial charge in [0.2, 0.25) is 0 Å². The highest BCUT2D eigenvalue weighted by atomic mass is 16.3. The third-order valence-electron chi connectivity index (χ3n) is 5.21. The second-order valence-electron chi connectivity index (χ2n) is 6.81. The first kappa shape index (κ1) is 17.9. The van der Waals surface area contributed by atoms with Gasteiger partial charge in [0.25, 0.3) is 5.91 Å². The highest BCUT2D eigenvalue weighted by Crippen LogP contribution is 2.42. The molecule has 1 aliphatic rings. The van der Waals surface area contributed by atoms with Gasteiger partial charge in [0.15, 0.2) is 11.5 Å². The van der Waals surface area contributed by atoms with E-state index in [0.29, 0.717) is 16.7 Å². The van der Waals surface area contributed by atoms with E-state index in [9.17, 15) is 9.90 Å². The highest BCUT2D eigenvalue weighted by molar-refractivity contribution is 6.09. The van der Waals surface area contributed by atoms with Gasteiger partial charge >= 0.3 is 0 Å². The van der Waals surface area contributed by atoms with Gasteiger partial charge in [-0.25, -0.2) is 4.99 Å². The Morgan fingerprint density at radius 3 is 2.18 bits per heavy atom. The van der Waals surface area contributed by atoms with Crippen molar-refractivity contribution in [1.29, 1.82) is 0 Å². The number of aliphatic hydroxyl groups excluding tert-OH is 1. The maximum absolute atomic E-state index is 13.4. The van der Waals surface area contributed by atoms with Gasteiger partial charge in [0.1, 0.15) is 0 Å². The molecule has 0 spiro atoms. The summed E-state index contributed by atoms with van der Waals surface area (Å²) in [5, 5.41) is 10.0. The Labute approximate surface area is 163 Å². The number of likely N-dealkylation sites (N-methyl/N-ethyl adjacent to an activating group) is 1. The number of rotatable bonds is 4. The van der Waals surface area contributed by atoms with Crippen LogP contribution in [-0.2, 0) is 16.9 Å². The van der Waals surface area contributed by atoms with Crippen molar-refractivity contribution >= 4 is 11.9 Å². The summed E-state index contributed by atoms with van der Waals surface area (Å²) in [7, 11) is 1.62. The molecule has 140 valence electrons. The number of carbonyl (C=O) groups is 1. The van der Waals surface area contributed by atoms with Gasteiger partial charge in [0.05, 0.1) is 6.61 Å². The molecular formula is C23H21N3O2. The summed E-state index contributed by atoms with van der Waals surface area (Å²) in [4.78, 5) is 19.4. The predicted molar refractivity (Wildman–Crippen MR) is 109 cm³/mol. The van der Waals surface area contributed by atoms with Crippen LogP contribution in [-0.4, -0.2) is 28.9 Å². The molecule has 1 atom stereocenters. The van der Waals surface area contributed by atoms with E-state index in [2.05, 4.69) is 4.99 Å². The molecule has 5 nitrogen and oxygen atoms in total. The number of hydrogen-bond acceptors (Lipinski definition) is 4. The molecule has 1 aliphatic heterocycles. The number of aliphatic hydroxyl groups is 1. The van der Waals surface area contributed by atoms with Crippen LogP contribution in [0.3, 0.4) is 0 Å². The maximum Gasteiger partial charge on any atom is 0.266 e. The fourth-order valence-corrected chi connectivity index (χ4v) is 3.70. The standard InChI is InChI=1S/C23H21N3O2/c1-26-21(28)23(25-22(26)24,19-10-6-3-7-11-19)20-14-17(12-13-18(20)15-27)16-8-4-2-5-9-16/h2-14,27H,15H2,1H3,(H2,24,25). The first-order chi connectivity index (χ1) is 13.6. The first-order valence-corrected chi connectivity index (χ1v) is 9.06. The van der Waals surface area contributed by atoms with Crippen LogP contribution in [0.4, 0.5) is 0 Å². The summed E-state index contributed by atoms with van der Waals surface area (Å²) in [6, 6.07) is 25.0. The van der Waals surface area contributed by atoms with Crippen molar-refractivity contribution in [3.8, 4) is 11.1 Å². The van der Waals surface area contributed by atoms with Gasteiger partial charge in [-0.2, -0.15) is 0 Å². The summed E-state index contributed by atoms with van der Waals surface area (Å²) >= 11 is 0. The zero-order chi connectivity index (χ0) is 19.7. The lowest BCUT2D eigenvalue weighted by atomic mass is 9.79. The van der Waals surface area contributed by atoms with Crippen LogP contribution in [0.15, 0.2) is 83.9 Å². The lowest BCUT2D eigenvalue weighted by Gasteiger charge is -2.28. The van der Waals surface area contributed by atoms with Crippen molar-refractivity contribution < 1.29 is 9.90 Å². The Hall–Kier alpha value is -3.44. The van der Waals surface area contributed by atoms with Crippen molar-refractivity contribution in [2.45, 2.75) is 12.1 Å². The third kappa shape index (κ3) is 2.68. The lowest BCUT2D eigenvalue weighted by molar-refractivity contribution is -0.129. The quantitative estimate of drug-likeness (QED) is 0.740. The molecule has 0 bridgehead atoms. The topological polar surface area (TPSA) is 78.9 Å². The number of hydrogen-bond donors (Lipinski definition) is 2. The molecule has 0 aliphatic carbocycles. The van der Waals surface area contributed by atoms with E-state index in [-0.39, 0.29) is 18.5 Å². The maximum atomic E-state index is 13.4. The highest BCUT2D eigenvalue weighted by Gasteiger charge is 2.50. The molecule has 0 radical (unpaired) electrons. The predicted octanol–water partition coefficient (Wildman–Crippen LogP) is 2.88. The average Bonchev–Trinajstić information content (AvgIpc) is 2.99. The Balaban J connectivity index is 2.01. The summed E-state index contributed by atoms with van der Waals surface area (Å²) in [5.41, 5.74) is 8.70. The van der Waals surface area contributed by atoms with E-state index in [1.807, 2.05) is 78.9 Å². The largest absolute Gasteiger partial charge is 0.392 e. The van der Waals surface area contributed by atoms with Gasteiger partial charge in [-0.05, 0) is 33.9 Å². The zero-order valence-corrected chi connectivity index (χ0v) is 15.5. The number of benzene rings is 3. The van der Waals surface area contributed by atoms with Gasteiger partial charge in [0, 0.05) is 7.05 Å². The molecule has 3 N–H and O–H groups in total. The fraction of sp³-hybridized carbons (Fsp3) is 0.130. The zero-order valence-electron chi connectivity index (χ0n) is 15.5. The number of aliphatic imine (C=N–C) groups is 1. The van der Waals surface area contributed by atoms with E-state index in [0.717, 1.165) is 11.1 Å². The minimum Gasteiger partial charge on any atom is -0.392 e. The molecule has 4 rings (SSSR count). The molecule has 1 unspecified atom stereocenters. The molecular weight excluding hydrogens is 350 g/mol. The van der Waals surface area contributed by atoms with E-state index >= 15 is 0 Å². The second kappa shape index (κ2) is 6.94. The van der Waals surface area contributed by atoms with Crippen LogP contribution in [0.1, 0.15) is 16.7 Å². The van der Waals surface area contributed by atoms with Crippen LogP contribution in [0.5, 0.6) is 0 Å². The Morgan fingerprint density at radius 2 is 1.61 bits per heavy atom. The Kier molecular flexibility index (Phi) is 4.45. The number of amides is 1. The van der Waals surface area contributed by atoms with Gasteiger partial charge in [-0.15, -0.1) is 0 Å². The molecule has 3 aromatic rings. The van der Waals surface area contributed by atoms with Crippen molar-refractivity contribution in [2.75, 3.05) is 7.05 Å². The van der Waals surface area contributed by atoms with E-state index in [4.69, 9.17) is 5.73 Å². The van der Waals surface area contributed by atoms with E-state index in [1.54, 1.807) is 7.05 Å². The smallest absolute Gasteiger partial charge is 0.266 e. The molecule has 3 aromatic carbocycles. The van der Waals surface area contributed by atoms with Crippen LogP contribution in [0.25, 0.3) is 11.1 Å². The Bertz CT molecular complexity index is 1050. The second-order valence-corrected chi connectivity index (χ2v) is 6.81. The van der Waals surface area contributed by atoms with E-state index in [1.165, 1.54) is 4.90 Å². The minimum atomic E-state index is -1.32. The summed E-state index contributed by atoms with van der Waals surface area (Å²) in [6.45, 7) is -0.203. The van der Waals surface area contributed by atoms with Crippen LogP contribution >= 0.6 is 0 Å². The Morgan fingerprint density at radius 1 is 0.964 bits per heavy atom. The summed E-state index contributed by atoms with van der Waals surface area (Å²) < 4.78 is 0. The van der Waals surface area contributed by atoms with Gasteiger partial charge in [-0.3, -0.25) is 9.69 Å². The SMILES string of the molecule is CN1C(=O)C(c2ccccc2)(c2cc(-c3ccccc3)ccc2CO)N=C1N. The van der Waals surface area contributed by atoms with Crippen molar-refractivity contribution in [2.24, 2.45) is 10.7 Å². The molecule has 28 heavy (non-hydrogen) atoms. The van der Waals surface area contributed by atoms with Crippen molar-refractivity contribution in [1.82, 2.24) is 4.90 Å². The molecule has 1 heterocycles. The molecule has 5 heteroatoms. The van der Waals surface area contributed by atoms with Crippen molar-refractivity contribution in [3.05, 3.63) is 95.6 Å². The van der Waals surface area contributed by atoms with Crippen LogP contribution in [0, 0.1) is 0 Å². The molecule has 0 saturated heterocycles. The van der Waals surface area contributed by atoms with Crippen LogP contribution < -0.4 is 5.73 Å². The first-order valence-electron chi connectivity index (χ1n) is 9.06. The average molecular weight is 371 g/mol. The molecule has 0 saturated carbocycles. The summed E-state index contributed by atoms with van der Waals surface area (Å²) in [6.07, 6.45) is 0. The molecule has 1 amide bonds.